The van der Waals surface area contributed by atoms with Gasteiger partial charge in [-0.3, -0.25) is 5.10 Å². The SMILES string of the molecule is CC(C)CCOc1cccc(-c2cc(COc3ccccc3N)[nH]n2)c1. The molecule has 0 aliphatic heterocycles. The zero-order valence-corrected chi connectivity index (χ0v) is 15.2. The molecular weight excluding hydrogens is 326 g/mol. The van der Waals surface area contributed by atoms with Gasteiger partial charge >= 0.3 is 0 Å². The Morgan fingerprint density at radius 2 is 1.88 bits per heavy atom. The number of anilines is 1. The van der Waals surface area contributed by atoms with Crippen LogP contribution in [0.2, 0.25) is 0 Å². The van der Waals surface area contributed by atoms with E-state index in [1.54, 1.807) is 0 Å². The van der Waals surface area contributed by atoms with Crippen molar-refractivity contribution in [2.24, 2.45) is 5.92 Å². The highest BCUT2D eigenvalue weighted by molar-refractivity contribution is 5.61. The first-order chi connectivity index (χ1) is 12.6. The Balaban J connectivity index is 1.63. The third-order valence-corrected chi connectivity index (χ3v) is 4.03. The van der Waals surface area contributed by atoms with E-state index in [4.69, 9.17) is 15.2 Å². The Morgan fingerprint density at radius 1 is 1.04 bits per heavy atom. The molecule has 0 saturated carbocycles. The van der Waals surface area contributed by atoms with E-state index in [0.29, 0.717) is 24.0 Å². The third kappa shape index (κ3) is 4.79. The fourth-order valence-electron chi connectivity index (χ4n) is 2.51. The van der Waals surface area contributed by atoms with Crippen LogP contribution in [0.3, 0.4) is 0 Å². The molecule has 0 aliphatic rings. The number of nitrogens with zero attached hydrogens (tertiary/aromatic N) is 1. The average Bonchev–Trinajstić information content (AvgIpc) is 3.10. The number of aromatic amines is 1. The van der Waals surface area contributed by atoms with Crippen molar-refractivity contribution in [3.63, 3.8) is 0 Å². The molecule has 136 valence electrons. The van der Waals surface area contributed by atoms with Gasteiger partial charge in [0.05, 0.1) is 23.7 Å². The van der Waals surface area contributed by atoms with Gasteiger partial charge in [0.1, 0.15) is 18.1 Å². The fourth-order valence-corrected chi connectivity index (χ4v) is 2.51. The molecule has 5 heteroatoms. The first kappa shape index (κ1) is 17.9. The van der Waals surface area contributed by atoms with Gasteiger partial charge in [-0.15, -0.1) is 0 Å². The lowest BCUT2D eigenvalue weighted by Crippen LogP contribution is -2.01. The standard InChI is InChI=1S/C21H25N3O2/c1-15(2)10-11-25-18-7-5-6-16(12-18)20-13-17(23-24-20)14-26-21-9-4-3-8-19(21)22/h3-9,12-13,15H,10-11,14,22H2,1-2H3,(H,23,24). The van der Waals surface area contributed by atoms with Crippen LogP contribution in [-0.2, 0) is 6.61 Å². The maximum atomic E-state index is 5.89. The summed E-state index contributed by atoms with van der Waals surface area (Å²) in [6, 6.07) is 17.4. The highest BCUT2D eigenvalue weighted by atomic mass is 16.5. The molecule has 3 aromatic rings. The summed E-state index contributed by atoms with van der Waals surface area (Å²) in [5.74, 6) is 2.16. The average molecular weight is 351 g/mol. The van der Waals surface area contributed by atoms with Crippen LogP contribution in [0.15, 0.2) is 54.6 Å². The molecule has 0 radical (unpaired) electrons. The number of H-pyrrole nitrogens is 1. The van der Waals surface area contributed by atoms with E-state index in [2.05, 4.69) is 24.0 Å². The molecule has 0 amide bonds. The molecule has 3 rings (SSSR count). The van der Waals surface area contributed by atoms with Gasteiger partial charge in [0.15, 0.2) is 0 Å². The Labute approximate surface area is 154 Å². The molecule has 0 aliphatic carbocycles. The van der Waals surface area contributed by atoms with Gasteiger partial charge in [-0.25, -0.2) is 0 Å². The largest absolute Gasteiger partial charge is 0.494 e. The zero-order valence-electron chi connectivity index (χ0n) is 15.2. The lowest BCUT2D eigenvalue weighted by molar-refractivity contribution is 0.289. The van der Waals surface area contributed by atoms with Crippen LogP contribution in [0.1, 0.15) is 26.0 Å². The molecule has 1 heterocycles. The summed E-state index contributed by atoms with van der Waals surface area (Å²) in [7, 11) is 0. The highest BCUT2D eigenvalue weighted by Gasteiger charge is 2.07. The monoisotopic (exact) mass is 351 g/mol. The molecule has 0 saturated heterocycles. The summed E-state index contributed by atoms with van der Waals surface area (Å²) in [6.07, 6.45) is 1.04. The first-order valence-corrected chi connectivity index (χ1v) is 8.86. The summed E-state index contributed by atoms with van der Waals surface area (Å²) in [5.41, 5.74) is 9.27. The minimum absolute atomic E-state index is 0.381. The van der Waals surface area contributed by atoms with Crippen LogP contribution in [0.25, 0.3) is 11.3 Å². The van der Waals surface area contributed by atoms with E-state index in [9.17, 15) is 0 Å². The molecule has 2 aromatic carbocycles. The van der Waals surface area contributed by atoms with Crippen molar-refractivity contribution in [1.29, 1.82) is 0 Å². The minimum Gasteiger partial charge on any atom is -0.494 e. The van der Waals surface area contributed by atoms with Crippen molar-refractivity contribution in [3.8, 4) is 22.8 Å². The van der Waals surface area contributed by atoms with Crippen molar-refractivity contribution in [2.45, 2.75) is 26.9 Å². The summed E-state index contributed by atoms with van der Waals surface area (Å²) >= 11 is 0. The van der Waals surface area contributed by atoms with E-state index in [0.717, 1.165) is 35.7 Å². The zero-order chi connectivity index (χ0) is 18.4. The van der Waals surface area contributed by atoms with Crippen molar-refractivity contribution in [1.82, 2.24) is 10.2 Å². The normalized spacial score (nSPS) is 10.9. The van der Waals surface area contributed by atoms with Gasteiger partial charge in [0, 0.05) is 5.56 Å². The lowest BCUT2D eigenvalue weighted by Gasteiger charge is -2.08. The van der Waals surface area contributed by atoms with E-state index in [1.807, 2.05) is 54.6 Å². The van der Waals surface area contributed by atoms with E-state index in [1.165, 1.54) is 0 Å². The number of hydrogen-bond donors (Lipinski definition) is 2. The number of benzene rings is 2. The Morgan fingerprint density at radius 3 is 2.69 bits per heavy atom. The number of rotatable bonds is 8. The Kier molecular flexibility index (Phi) is 5.79. The summed E-state index contributed by atoms with van der Waals surface area (Å²) < 4.78 is 11.6. The predicted molar refractivity (Wildman–Crippen MR) is 104 cm³/mol. The van der Waals surface area contributed by atoms with Crippen LogP contribution >= 0.6 is 0 Å². The van der Waals surface area contributed by atoms with Crippen molar-refractivity contribution < 1.29 is 9.47 Å². The number of nitrogens with one attached hydrogen (secondary N) is 1. The van der Waals surface area contributed by atoms with E-state index >= 15 is 0 Å². The van der Waals surface area contributed by atoms with E-state index < -0.39 is 0 Å². The van der Waals surface area contributed by atoms with Crippen LogP contribution < -0.4 is 15.2 Å². The number of hydrogen-bond acceptors (Lipinski definition) is 4. The molecule has 0 fully saturated rings. The minimum atomic E-state index is 0.381. The van der Waals surface area contributed by atoms with Gasteiger partial charge in [-0.1, -0.05) is 38.1 Å². The second kappa shape index (κ2) is 8.43. The van der Waals surface area contributed by atoms with Crippen molar-refractivity contribution in [2.75, 3.05) is 12.3 Å². The number of nitrogens with two attached hydrogens (primary N) is 1. The molecule has 0 atom stereocenters. The van der Waals surface area contributed by atoms with Crippen molar-refractivity contribution >= 4 is 5.69 Å². The molecular formula is C21H25N3O2. The molecule has 3 N–H and O–H groups in total. The summed E-state index contributed by atoms with van der Waals surface area (Å²) in [4.78, 5) is 0. The van der Waals surface area contributed by atoms with Crippen LogP contribution in [0, 0.1) is 5.92 Å². The maximum Gasteiger partial charge on any atom is 0.142 e. The fraction of sp³-hybridized carbons (Fsp3) is 0.286. The molecule has 0 unspecified atom stereocenters. The summed E-state index contributed by atoms with van der Waals surface area (Å²) in [5, 5.41) is 7.39. The van der Waals surface area contributed by atoms with Crippen LogP contribution in [-0.4, -0.2) is 16.8 Å². The molecule has 0 spiro atoms. The van der Waals surface area contributed by atoms with Gasteiger partial charge in [0.25, 0.3) is 0 Å². The smallest absolute Gasteiger partial charge is 0.142 e. The number of para-hydroxylation sites is 2. The third-order valence-electron chi connectivity index (χ3n) is 4.03. The maximum absolute atomic E-state index is 5.89. The van der Waals surface area contributed by atoms with Gasteiger partial charge in [-0.05, 0) is 42.7 Å². The van der Waals surface area contributed by atoms with E-state index in [-0.39, 0.29) is 0 Å². The van der Waals surface area contributed by atoms with Crippen molar-refractivity contribution in [3.05, 3.63) is 60.3 Å². The first-order valence-electron chi connectivity index (χ1n) is 8.86. The molecule has 1 aromatic heterocycles. The lowest BCUT2D eigenvalue weighted by atomic mass is 10.1. The van der Waals surface area contributed by atoms with Crippen LogP contribution in [0.4, 0.5) is 5.69 Å². The molecule has 5 nitrogen and oxygen atoms in total. The quantitative estimate of drug-likeness (QED) is 0.579. The Hall–Kier alpha value is -2.95. The Bertz CT molecular complexity index is 843. The second-order valence-electron chi connectivity index (χ2n) is 6.66. The van der Waals surface area contributed by atoms with Gasteiger partial charge < -0.3 is 15.2 Å². The predicted octanol–water partition coefficient (Wildman–Crippen LogP) is 4.66. The highest BCUT2D eigenvalue weighted by Crippen LogP contribution is 2.24. The second-order valence-corrected chi connectivity index (χ2v) is 6.66. The number of ether oxygens (including phenoxy) is 2. The molecule has 26 heavy (non-hydrogen) atoms. The molecule has 0 bridgehead atoms. The summed E-state index contributed by atoms with van der Waals surface area (Å²) in [6.45, 7) is 5.48. The van der Waals surface area contributed by atoms with Gasteiger partial charge in [-0.2, -0.15) is 5.10 Å². The number of nitrogen functional groups attached to an aromatic ring is 1. The van der Waals surface area contributed by atoms with Crippen LogP contribution in [0.5, 0.6) is 11.5 Å². The topological polar surface area (TPSA) is 73.2 Å². The number of aromatic nitrogens is 2. The van der Waals surface area contributed by atoms with Gasteiger partial charge in [0.2, 0.25) is 0 Å².